The van der Waals surface area contributed by atoms with Crippen molar-refractivity contribution in [3.63, 3.8) is 0 Å². The number of benzene rings is 1. The molecule has 1 aromatic carbocycles. The number of likely N-dealkylation sites (tertiary alicyclic amines) is 1. The van der Waals surface area contributed by atoms with E-state index in [4.69, 9.17) is 4.74 Å². The summed E-state index contributed by atoms with van der Waals surface area (Å²) in [5.41, 5.74) is 2.53. The molecule has 1 aliphatic rings. The molecule has 1 atom stereocenters. The highest BCUT2D eigenvalue weighted by molar-refractivity contribution is 5.79. The van der Waals surface area contributed by atoms with Gasteiger partial charge in [0.05, 0.1) is 13.5 Å². The van der Waals surface area contributed by atoms with Gasteiger partial charge in [-0.25, -0.2) is 9.78 Å². The Labute approximate surface area is 146 Å². The van der Waals surface area contributed by atoms with Gasteiger partial charge in [-0.1, -0.05) is 17.7 Å². The van der Waals surface area contributed by atoms with Gasteiger partial charge in [0, 0.05) is 36.5 Å². The van der Waals surface area contributed by atoms with Crippen molar-refractivity contribution in [3.05, 3.63) is 57.8 Å². The zero-order valence-corrected chi connectivity index (χ0v) is 14.6. The number of hydrogen-bond acceptors (Lipinski definition) is 4. The molecule has 1 unspecified atom stereocenters. The quantitative estimate of drug-likeness (QED) is 0.923. The molecule has 6 heteroatoms. The smallest absolute Gasteiger partial charge is 0.345 e. The van der Waals surface area contributed by atoms with Gasteiger partial charge in [0.25, 0.3) is 0 Å². The van der Waals surface area contributed by atoms with Crippen molar-refractivity contribution in [1.82, 2.24) is 14.9 Å². The van der Waals surface area contributed by atoms with E-state index in [0.717, 1.165) is 42.0 Å². The Bertz CT molecular complexity index is 816. The van der Waals surface area contributed by atoms with Crippen LogP contribution in [0.25, 0.3) is 0 Å². The van der Waals surface area contributed by atoms with E-state index in [9.17, 15) is 9.59 Å². The summed E-state index contributed by atoms with van der Waals surface area (Å²) in [5.74, 6) is 0.976. The minimum absolute atomic E-state index is 0.0880. The van der Waals surface area contributed by atoms with Gasteiger partial charge in [-0.3, -0.25) is 4.79 Å². The number of piperidine rings is 1. The minimum atomic E-state index is -0.342. The molecule has 1 aromatic heterocycles. The lowest BCUT2D eigenvalue weighted by atomic mass is 9.94. The van der Waals surface area contributed by atoms with Crippen LogP contribution in [0.3, 0.4) is 0 Å². The van der Waals surface area contributed by atoms with Crippen LogP contribution in [0.4, 0.5) is 0 Å². The van der Waals surface area contributed by atoms with E-state index in [2.05, 4.69) is 9.97 Å². The van der Waals surface area contributed by atoms with Gasteiger partial charge in [0.2, 0.25) is 5.91 Å². The monoisotopic (exact) mass is 341 g/mol. The number of carbonyl (C=O) groups is 1. The molecule has 2 aromatic rings. The van der Waals surface area contributed by atoms with Gasteiger partial charge < -0.3 is 14.6 Å². The fourth-order valence-electron chi connectivity index (χ4n) is 3.40. The van der Waals surface area contributed by atoms with Crippen LogP contribution >= 0.6 is 0 Å². The Hall–Kier alpha value is -2.63. The average molecular weight is 341 g/mol. The number of methoxy groups -OCH3 is 1. The predicted molar refractivity (Wildman–Crippen MR) is 94.8 cm³/mol. The highest BCUT2D eigenvalue weighted by atomic mass is 16.5. The third-order valence-corrected chi connectivity index (χ3v) is 4.69. The van der Waals surface area contributed by atoms with Crippen molar-refractivity contribution in [2.45, 2.75) is 32.1 Å². The van der Waals surface area contributed by atoms with Crippen LogP contribution in [0.15, 0.2) is 35.3 Å². The second-order valence-electron chi connectivity index (χ2n) is 6.50. The van der Waals surface area contributed by atoms with Gasteiger partial charge in [-0.05, 0) is 31.9 Å². The molecule has 1 amide bonds. The lowest BCUT2D eigenvalue weighted by molar-refractivity contribution is -0.131. The van der Waals surface area contributed by atoms with Crippen LogP contribution in [-0.4, -0.2) is 41.0 Å². The lowest BCUT2D eigenvalue weighted by Gasteiger charge is -2.33. The van der Waals surface area contributed by atoms with E-state index >= 15 is 0 Å². The lowest BCUT2D eigenvalue weighted by Crippen LogP contribution is -2.40. The largest absolute Gasteiger partial charge is 0.496 e. The topological polar surface area (TPSA) is 75.3 Å². The van der Waals surface area contributed by atoms with Crippen LogP contribution in [-0.2, 0) is 11.2 Å². The average Bonchev–Trinajstić information content (AvgIpc) is 2.62. The number of aromatic amines is 1. The SMILES string of the molecule is COc1ccc(C)cc1CC(=O)N1CCCC(c2ccnc(=O)[nH]2)C1. The number of rotatable bonds is 4. The van der Waals surface area contributed by atoms with E-state index in [-0.39, 0.29) is 17.5 Å². The van der Waals surface area contributed by atoms with Crippen molar-refractivity contribution in [3.8, 4) is 5.75 Å². The Morgan fingerprint density at radius 2 is 2.24 bits per heavy atom. The summed E-state index contributed by atoms with van der Waals surface area (Å²) in [7, 11) is 1.62. The van der Waals surface area contributed by atoms with Crippen LogP contribution in [0.1, 0.15) is 35.6 Å². The summed E-state index contributed by atoms with van der Waals surface area (Å²) in [4.78, 5) is 32.5. The van der Waals surface area contributed by atoms with E-state index in [1.807, 2.05) is 36.1 Å². The third-order valence-electron chi connectivity index (χ3n) is 4.69. The van der Waals surface area contributed by atoms with E-state index < -0.39 is 0 Å². The number of ether oxygens (including phenoxy) is 1. The van der Waals surface area contributed by atoms with Gasteiger partial charge in [0.15, 0.2) is 0 Å². The van der Waals surface area contributed by atoms with Crippen molar-refractivity contribution in [2.24, 2.45) is 0 Å². The Kier molecular flexibility index (Phi) is 5.16. The molecule has 0 spiro atoms. The van der Waals surface area contributed by atoms with E-state index in [1.165, 1.54) is 6.20 Å². The Balaban J connectivity index is 1.72. The van der Waals surface area contributed by atoms with Gasteiger partial charge in [-0.2, -0.15) is 0 Å². The maximum absolute atomic E-state index is 12.8. The summed E-state index contributed by atoms with van der Waals surface area (Å²) in [6.07, 6.45) is 3.72. The molecule has 0 aliphatic carbocycles. The van der Waals surface area contributed by atoms with Crippen LogP contribution < -0.4 is 10.4 Å². The first-order valence-electron chi connectivity index (χ1n) is 8.53. The van der Waals surface area contributed by atoms with Crippen molar-refractivity contribution < 1.29 is 9.53 Å². The number of nitrogens with one attached hydrogen (secondary N) is 1. The molecule has 6 nitrogen and oxygen atoms in total. The van der Waals surface area contributed by atoms with Crippen LogP contribution in [0.2, 0.25) is 0 Å². The normalized spacial score (nSPS) is 17.4. The first-order valence-corrected chi connectivity index (χ1v) is 8.53. The highest BCUT2D eigenvalue weighted by Crippen LogP contribution is 2.26. The van der Waals surface area contributed by atoms with Gasteiger partial charge >= 0.3 is 5.69 Å². The fraction of sp³-hybridized carbons (Fsp3) is 0.421. The van der Waals surface area contributed by atoms with Crippen molar-refractivity contribution >= 4 is 5.91 Å². The highest BCUT2D eigenvalue weighted by Gasteiger charge is 2.26. The summed E-state index contributed by atoms with van der Waals surface area (Å²) < 4.78 is 5.37. The van der Waals surface area contributed by atoms with Crippen LogP contribution in [0, 0.1) is 6.92 Å². The third kappa shape index (κ3) is 4.07. The maximum Gasteiger partial charge on any atom is 0.345 e. The van der Waals surface area contributed by atoms with E-state index in [0.29, 0.717) is 13.0 Å². The molecular formula is C19H23N3O3. The molecule has 0 radical (unpaired) electrons. The predicted octanol–water partition coefficient (Wildman–Crippen LogP) is 2.04. The molecular weight excluding hydrogens is 318 g/mol. The number of aromatic nitrogens is 2. The molecule has 0 bridgehead atoms. The summed E-state index contributed by atoms with van der Waals surface area (Å²) in [6, 6.07) is 7.70. The second kappa shape index (κ2) is 7.51. The Morgan fingerprint density at radius 1 is 1.40 bits per heavy atom. The number of aryl methyl sites for hydroxylation is 1. The van der Waals surface area contributed by atoms with E-state index in [1.54, 1.807) is 7.11 Å². The number of carbonyl (C=O) groups excluding carboxylic acids is 1. The molecule has 132 valence electrons. The summed E-state index contributed by atoms with van der Waals surface area (Å²) in [5, 5.41) is 0. The molecule has 1 saturated heterocycles. The first-order chi connectivity index (χ1) is 12.1. The van der Waals surface area contributed by atoms with Gasteiger partial charge in [-0.15, -0.1) is 0 Å². The molecule has 1 fully saturated rings. The molecule has 3 rings (SSSR count). The van der Waals surface area contributed by atoms with Gasteiger partial charge in [0.1, 0.15) is 5.75 Å². The first kappa shape index (κ1) is 17.2. The summed E-state index contributed by atoms with van der Waals surface area (Å²) >= 11 is 0. The maximum atomic E-state index is 12.8. The molecule has 1 aliphatic heterocycles. The molecule has 0 saturated carbocycles. The number of amides is 1. The van der Waals surface area contributed by atoms with Crippen LogP contribution in [0.5, 0.6) is 5.75 Å². The number of H-pyrrole nitrogens is 1. The number of nitrogens with zero attached hydrogens (tertiary/aromatic N) is 2. The standard InChI is InChI=1S/C19H23N3O3/c1-13-5-6-17(25-2)15(10-13)11-18(23)22-9-3-4-14(12-22)16-7-8-20-19(24)21-16/h5-8,10,14H,3-4,9,11-12H2,1-2H3,(H,20,21,24). The fourth-order valence-corrected chi connectivity index (χ4v) is 3.40. The zero-order chi connectivity index (χ0) is 17.8. The minimum Gasteiger partial charge on any atom is -0.496 e. The molecule has 25 heavy (non-hydrogen) atoms. The molecule has 1 N–H and O–H groups in total. The molecule has 2 heterocycles. The summed E-state index contributed by atoms with van der Waals surface area (Å²) in [6.45, 7) is 3.37. The van der Waals surface area contributed by atoms with Crippen molar-refractivity contribution in [2.75, 3.05) is 20.2 Å². The number of hydrogen-bond donors (Lipinski definition) is 1. The zero-order valence-electron chi connectivity index (χ0n) is 14.6. The second-order valence-corrected chi connectivity index (χ2v) is 6.50. The Morgan fingerprint density at radius 3 is 3.00 bits per heavy atom. The van der Waals surface area contributed by atoms with Crippen molar-refractivity contribution in [1.29, 1.82) is 0 Å².